The van der Waals surface area contributed by atoms with Crippen molar-refractivity contribution in [2.24, 2.45) is 0 Å². The second-order valence-electron chi connectivity index (χ2n) is 5.46. The number of carboxylic acid groups (broad SMARTS) is 2. The van der Waals surface area contributed by atoms with Crippen LogP contribution in [0.3, 0.4) is 0 Å². The number of ether oxygens (including phenoxy) is 1. The fraction of sp³-hybridized carbons (Fsp3) is 0.111. The molecule has 0 aliphatic rings. The Bertz CT molecular complexity index is 966. The predicted octanol–water partition coefficient (Wildman–Crippen LogP) is 4.54. The summed E-state index contributed by atoms with van der Waals surface area (Å²) in [6.45, 7) is -0.0414. The maximum atomic E-state index is 11.5. The molecule has 0 atom stereocenters. The maximum Gasteiger partial charge on any atom is 0.349 e. The van der Waals surface area contributed by atoms with Gasteiger partial charge in [0.25, 0.3) is 0 Å². The van der Waals surface area contributed by atoms with Gasteiger partial charge in [-0.2, -0.15) is 0 Å². The first kappa shape index (κ1) is 19.0. The van der Waals surface area contributed by atoms with E-state index in [1.807, 2.05) is 30.3 Å². The standard InChI is InChI=1S/C18H14BrNO6S/c19-14-15(26-9-13(21)22)17(18(23)24)27-16(14)11-2-1-3-12(6-11)20-7-10-4-5-25-8-10/h1-6,8,20H,7,9H2,(H,21,22)(H,23,24). The van der Waals surface area contributed by atoms with E-state index in [4.69, 9.17) is 14.3 Å². The number of thiophene rings is 1. The molecule has 1 aromatic carbocycles. The van der Waals surface area contributed by atoms with E-state index in [0.717, 1.165) is 28.2 Å². The van der Waals surface area contributed by atoms with Gasteiger partial charge in [0.1, 0.15) is 0 Å². The predicted molar refractivity (Wildman–Crippen MR) is 104 cm³/mol. The maximum absolute atomic E-state index is 11.5. The van der Waals surface area contributed by atoms with Crippen molar-refractivity contribution in [1.82, 2.24) is 0 Å². The van der Waals surface area contributed by atoms with Crippen molar-refractivity contribution in [3.8, 4) is 16.2 Å². The molecule has 0 saturated heterocycles. The van der Waals surface area contributed by atoms with Crippen molar-refractivity contribution in [3.05, 3.63) is 57.8 Å². The van der Waals surface area contributed by atoms with Gasteiger partial charge in [-0.05, 0) is 39.7 Å². The number of aliphatic carboxylic acids is 1. The van der Waals surface area contributed by atoms with E-state index in [-0.39, 0.29) is 10.6 Å². The molecular formula is C18H14BrNO6S. The lowest BCUT2D eigenvalue weighted by atomic mass is 10.1. The fourth-order valence-electron chi connectivity index (χ4n) is 2.35. The molecule has 3 N–H and O–H groups in total. The highest BCUT2D eigenvalue weighted by Crippen LogP contribution is 2.46. The number of halogens is 1. The summed E-state index contributed by atoms with van der Waals surface area (Å²) in [5.41, 5.74) is 2.62. The first-order valence-electron chi connectivity index (χ1n) is 7.71. The van der Waals surface area contributed by atoms with E-state index < -0.39 is 18.5 Å². The third-order valence-corrected chi connectivity index (χ3v) is 5.77. The van der Waals surface area contributed by atoms with Gasteiger partial charge >= 0.3 is 11.9 Å². The number of carbonyl (C=O) groups is 2. The lowest BCUT2D eigenvalue weighted by Gasteiger charge is -2.07. The largest absolute Gasteiger partial charge is 0.479 e. The van der Waals surface area contributed by atoms with E-state index in [1.54, 1.807) is 12.5 Å². The van der Waals surface area contributed by atoms with Gasteiger partial charge in [0.15, 0.2) is 17.2 Å². The van der Waals surface area contributed by atoms with Crippen molar-refractivity contribution >= 4 is 44.9 Å². The second-order valence-corrected chi connectivity index (χ2v) is 7.27. The Morgan fingerprint density at radius 2 is 2.07 bits per heavy atom. The minimum atomic E-state index is -1.18. The van der Waals surface area contributed by atoms with Gasteiger partial charge < -0.3 is 24.7 Å². The Balaban J connectivity index is 1.89. The summed E-state index contributed by atoms with van der Waals surface area (Å²) in [5, 5.41) is 21.5. The topological polar surface area (TPSA) is 109 Å². The average molecular weight is 452 g/mol. The lowest BCUT2D eigenvalue weighted by molar-refractivity contribution is -0.139. The van der Waals surface area contributed by atoms with Crippen LogP contribution in [0.1, 0.15) is 15.2 Å². The van der Waals surface area contributed by atoms with Gasteiger partial charge in [0.05, 0.1) is 21.9 Å². The van der Waals surface area contributed by atoms with Crippen LogP contribution in [0.25, 0.3) is 10.4 Å². The van der Waals surface area contributed by atoms with E-state index in [2.05, 4.69) is 21.2 Å². The quantitative estimate of drug-likeness (QED) is 0.460. The number of hydrogen-bond acceptors (Lipinski definition) is 6. The van der Waals surface area contributed by atoms with Crippen LogP contribution < -0.4 is 10.1 Å². The molecule has 0 saturated carbocycles. The number of furan rings is 1. The molecular weight excluding hydrogens is 438 g/mol. The molecule has 0 fully saturated rings. The van der Waals surface area contributed by atoms with Gasteiger partial charge in [-0.15, -0.1) is 11.3 Å². The van der Waals surface area contributed by atoms with Crippen molar-refractivity contribution in [1.29, 1.82) is 0 Å². The molecule has 3 aromatic rings. The number of carboxylic acids is 2. The zero-order chi connectivity index (χ0) is 19.4. The Labute approximate surface area is 166 Å². The van der Waals surface area contributed by atoms with Crippen LogP contribution in [-0.2, 0) is 11.3 Å². The highest BCUT2D eigenvalue weighted by atomic mass is 79.9. The molecule has 0 amide bonds. The molecule has 27 heavy (non-hydrogen) atoms. The summed E-state index contributed by atoms with van der Waals surface area (Å²) in [5.74, 6) is -2.35. The molecule has 0 radical (unpaired) electrons. The smallest absolute Gasteiger partial charge is 0.349 e. The fourth-order valence-corrected chi connectivity index (χ4v) is 4.24. The van der Waals surface area contributed by atoms with Crippen molar-refractivity contribution < 1.29 is 29.0 Å². The molecule has 3 rings (SSSR count). The SMILES string of the molecule is O=C(O)COc1c(C(=O)O)sc(-c2cccc(NCc3ccoc3)c2)c1Br. The first-order valence-corrected chi connectivity index (χ1v) is 9.32. The number of hydrogen-bond donors (Lipinski definition) is 3. The molecule has 0 aliphatic heterocycles. The van der Waals surface area contributed by atoms with E-state index in [0.29, 0.717) is 15.9 Å². The zero-order valence-electron chi connectivity index (χ0n) is 13.8. The normalized spacial score (nSPS) is 10.6. The van der Waals surface area contributed by atoms with Crippen LogP contribution in [0.5, 0.6) is 5.75 Å². The molecule has 0 unspecified atom stereocenters. The highest BCUT2D eigenvalue weighted by molar-refractivity contribution is 9.10. The van der Waals surface area contributed by atoms with Gasteiger partial charge in [-0.1, -0.05) is 12.1 Å². The van der Waals surface area contributed by atoms with Crippen molar-refractivity contribution in [3.63, 3.8) is 0 Å². The van der Waals surface area contributed by atoms with Crippen LogP contribution in [0.4, 0.5) is 5.69 Å². The molecule has 7 nitrogen and oxygen atoms in total. The van der Waals surface area contributed by atoms with Crippen LogP contribution in [0.15, 0.2) is 51.7 Å². The molecule has 2 aromatic heterocycles. The number of nitrogens with one attached hydrogen (secondary N) is 1. The zero-order valence-corrected chi connectivity index (χ0v) is 16.2. The Morgan fingerprint density at radius 1 is 1.26 bits per heavy atom. The van der Waals surface area contributed by atoms with Gasteiger partial charge in [-0.25, -0.2) is 9.59 Å². The summed E-state index contributed by atoms with van der Waals surface area (Å²) < 4.78 is 10.6. The van der Waals surface area contributed by atoms with E-state index in [1.165, 1.54) is 0 Å². The summed E-state index contributed by atoms with van der Waals surface area (Å²) in [6.07, 6.45) is 3.25. The van der Waals surface area contributed by atoms with Crippen molar-refractivity contribution in [2.75, 3.05) is 11.9 Å². The minimum absolute atomic E-state index is 0.0154. The van der Waals surface area contributed by atoms with Crippen LogP contribution >= 0.6 is 27.3 Å². The van der Waals surface area contributed by atoms with Crippen LogP contribution in [-0.4, -0.2) is 28.8 Å². The average Bonchev–Trinajstić information content (AvgIpc) is 3.26. The number of rotatable bonds is 8. The van der Waals surface area contributed by atoms with Crippen LogP contribution in [0.2, 0.25) is 0 Å². The van der Waals surface area contributed by atoms with Crippen LogP contribution in [0, 0.1) is 0 Å². The summed E-state index contributed by atoms with van der Waals surface area (Å²) in [6, 6.07) is 9.32. The number of anilines is 1. The Morgan fingerprint density at radius 3 is 2.74 bits per heavy atom. The monoisotopic (exact) mass is 451 g/mol. The van der Waals surface area contributed by atoms with E-state index in [9.17, 15) is 14.7 Å². The minimum Gasteiger partial charge on any atom is -0.479 e. The molecule has 9 heteroatoms. The summed E-state index contributed by atoms with van der Waals surface area (Å²) in [4.78, 5) is 22.8. The third-order valence-electron chi connectivity index (χ3n) is 3.54. The highest BCUT2D eigenvalue weighted by Gasteiger charge is 2.24. The van der Waals surface area contributed by atoms with Gasteiger partial charge in [0, 0.05) is 17.8 Å². The third kappa shape index (κ3) is 4.50. The number of aromatic carboxylic acids is 1. The summed E-state index contributed by atoms with van der Waals surface area (Å²) >= 11 is 4.37. The van der Waals surface area contributed by atoms with Crippen molar-refractivity contribution in [2.45, 2.75) is 6.54 Å². The molecule has 0 spiro atoms. The second kappa shape index (κ2) is 8.28. The molecule has 0 bridgehead atoms. The number of benzene rings is 1. The molecule has 140 valence electrons. The Kier molecular flexibility index (Phi) is 5.82. The lowest BCUT2D eigenvalue weighted by Crippen LogP contribution is -2.11. The van der Waals surface area contributed by atoms with Gasteiger partial charge in [0.2, 0.25) is 0 Å². The molecule has 2 heterocycles. The first-order chi connectivity index (χ1) is 13.0. The Hall–Kier alpha value is -2.78. The molecule has 0 aliphatic carbocycles. The van der Waals surface area contributed by atoms with E-state index >= 15 is 0 Å². The summed E-state index contributed by atoms with van der Waals surface area (Å²) in [7, 11) is 0. The van der Waals surface area contributed by atoms with Gasteiger partial charge in [-0.3, -0.25) is 0 Å².